The number of halogens is 1. The van der Waals surface area contributed by atoms with Gasteiger partial charge in [0.2, 0.25) is 17.4 Å². The number of carbonyl (C=O) groups is 1. The van der Waals surface area contributed by atoms with Crippen molar-refractivity contribution in [2.45, 2.75) is 34.1 Å². The van der Waals surface area contributed by atoms with Crippen molar-refractivity contribution in [3.8, 4) is 11.6 Å². The molecule has 0 saturated carbocycles. The Hall–Kier alpha value is -2.61. The molecule has 0 fully saturated rings. The fourth-order valence-corrected chi connectivity index (χ4v) is 2.28. The van der Waals surface area contributed by atoms with Gasteiger partial charge >= 0.3 is 5.97 Å². The van der Waals surface area contributed by atoms with Crippen LogP contribution in [-0.2, 0) is 4.79 Å². The van der Waals surface area contributed by atoms with E-state index in [2.05, 4.69) is 15.0 Å². The largest absolute Gasteiger partial charge is 0.458 e. The van der Waals surface area contributed by atoms with Crippen molar-refractivity contribution in [2.75, 3.05) is 5.73 Å². The van der Waals surface area contributed by atoms with E-state index in [0.29, 0.717) is 17.9 Å². The van der Waals surface area contributed by atoms with Gasteiger partial charge in [0.1, 0.15) is 11.3 Å². The summed E-state index contributed by atoms with van der Waals surface area (Å²) < 4.78 is 6.80. The van der Waals surface area contributed by atoms with Crippen molar-refractivity contribution in [2.24, 2.45) is 5.41 Å². The Labute approximate surface area is 148 Å². The SMILES string of the molecule is CCC(C)(C)C(=O)On1c(-c2ccc(C)o2)nc2c(Cl)nc(N)nc21. The minimum atomic E-state index is -0.685. The quantitative estimate of drug-likeness (QED) is 0.709. The number of hydrogen-bond donors (Lipinski definition) is 1. The fraction of sp³-hybridized carbons (Fsp3) is 0.375. The third-order valence-corrected chi connectivity index (χ3v) is 4.28. The number of aryl methyl sites for hydroxylation is 1. The van der Waals surface area contributed by atoms with Gasteiger partial charge in [0, 0.05) is 0 Å². The van der Waals surface area contributed by atoms with Crippen LogP contribution in [0.4, 0.5) is 5.95 Å². The lowest BCUT2D eigenvalue weighted by Crippen LogP contribution is -2.33. The molecule has 0 atom stereocenters. The van der Waals surface area contributed by atoms with Crippen molar-refractivity contribution in [3.05, 3.63) is 23.0 Å². The van der Waals surface area contributed by atoms with Gasteiger partial charge in [-0.3, -0.25) is 0 Å². The molecule has 132 valence electrons. The maximum atomic E-state index is 12.6. The smallest absolute Gasteiger partial charge is 0.338 e. The van der Waals surface area contributed by atoms with Crippen LogP contribution in [0.5, 0.6) is 0 Å². The number of furan rings is 1. The van der Waals surface area contributed by atoms with E-state index in [1.165, 1.54) is 4.73 Å². The lowest BCUT2D eigenvalue weighted by atomic mass is 9.91. The third kappa shape index (κ3) is 3.05. The van der Waals surface area contributed by atoms with Crippen LogP contribution in [0, 0.1) is 12.3 Å². The summed E-state index contributed by atoms with van der Waals surface area (Å²) in [6.45, 7) is 7.29. The summed E-state index contributed by atoms with van der Waals surface area (Å²) in [7, 11) is 0. The molecule has 0 bridgehead atoms. The first kappa shape index (κ1) is 17.2. The number of rotatable bonds is 4. The zero-order chi connectivity index (χ0) is 18.4. The Balaban J connectivity index is 2.21. The maximum absolute atomic E-state index is 12.6. The van der Waals surface area contributed by atoms with E-state index in [-0.39, 0.29) is 28.1 Å². The van der Waals surface area contributed by atoms with Crippen molar-refractivity contribution < 1.29 is 14.0 Å². The van der Waals surface area contributed by atoms with Crippen LogP contribution in [0.15, 0.2) is 16.5 Å². The summed E-state index contributed by atoms with van der Waals surface area (Å²) in [5.74, 6) is 0.863. The van der Waals surface area contributed by atoms with Gasteiger partial charge < -0.3 is 15.0 Å². The Morgan fingerprint density at radius 2 is 2.08 bits per heavy atom. The maximum Gasteiger partial charge on any atom is 0.338 e. The summed E-state index contributed by atoms with van der Waals surface area (Å²) in [6.07, 6.45) is 0.603. The number of nitrogen functional groups attached to an aromatic ring is 1. The molecule has 25 heavy (non-hydrogen) atoms. The van der Waals surface area contributed by atoms with Crippen LogP contribution in [0.25, 0.3) is 22.7 Å². The first-order chi connectivity index (χ1) is 11.7. The normalized spacial score (nSPS) is 11.9. The summed E-state index contributed by atoms with van der Waals surface area (Å²) in [5, 5.41) is 0.0663. The number of hydrogen-bond acceptors (Lipinski definition) is 7. The van der Waals surface area contributed by atoms with Gasteiger partial charge in [-0.1, -0.05) is 18.5 Å². The molecule has 0 aromatic carbocycles. The van der Waals surface area contributed by atoms with Crippen LogP contribution in [0.3, 0.4) is 0 Å². The monoisotopic (exact) mass is 363 g/mol. The lowest BCUT2D eigenvalue weighted by molar-refractivity contribution is -0.153. The summed E-state index contributed by atoms with van der Waals surface area (Å²) in [4.78, 5) is 30.5. The topological polar surface area (TPSA) is 109 Å². The minimum absolute atomic E-state index is 0.0494. The molecule has 0 saturated heterocycles. The van der Waals surface area contributed by atoms with Gasteiger partial charge in [-0.2, -0.15) is 9.97 Å². The second-order valence-electron chi connectivity index (χ2n) is 6.30. The van der Waals surface area contributed by atoms with E-state index in [1.807, 2.05) is 6.92 Å². The number of nitrogens with zero attached hydrogens (tertiary/aromatic N) is 4. The Morgan fingerprint density at radius 3 is 2.68 bits per heavy atom. The summed E-state index contributed by atoms with van der Waals surface area (Å²) in [6, 6.07) is 3.50. The van der Waals surface area contributed by atoms with Gasteiger partial charge in [0.25, 0.3) is 0 Å². The van der Waals surface area contributed by atoms with Gasteiger partial charge in [-0.15, -0.1) is 4.73 Å². The first-order valence-electron chi connectivity index (χ1n) is 7.74. The van der Waals surface area contributed by atoms with Crippen LogP contribution in [0.2, 0.25) is 5.15 Å². The molecule has 0 spiro atoms. The highest BCUT2D eigenvalue weighted by Crippen LogP contribution is 2.29. The van der Waals surface area contributed by atoms with E-state index >= 15 is 0 Å². The predicted molar refractivity (Wildman–Crippen MR) is 92.8 cm³/mol. The molecule has 0 radical (unpaired) electrons. The zero-order valence-electron chi connectivity index (χ0n) is 14.3. The molecule has 3 aromatic rings. The van der Waals surface area contributed by atoms with Gasteiger partial charge in [-0.05, 0) is 39.3 Å². The third-order valence-electron chi connectivity index (χ3n) is 4.01. The average Bonchev–Trinajstić information content (AvgIpc) is 3.12. The first-order valence-corrected chi connectivity index (χ1v) is 8.11. The molecule has 2 N–H and O–H groups in total. The number of fused-ring (bicyclic) bond motifs is 1. The molecule has 9 heteroatoms. The molecule has 0 amide bonds. The Kier molecular flexibility index (Phi) is 4.16. The molecule has 0 aliphatic carbocycles. The average molecular weight is 364 g/mol. The molecular weight excluding hydrogens is 346 g/mol. The zero-order valence-corrected chi connectivity index (χ0v) is 15.1. The summed E-state index contributed by atoms with van der Waals surface area (Å²) >= 11 is 6.12. The molecule has 3 heterocycles. The number of nitrogens with two attached hydrogens (primary N) is 1. The molecule has 8 nitrogen and oxygen atoms in total. The van der Waals surface area contributed by atoms with Gasteiger partial charge in [0.05, 0.1) is 5.41 Å². The van der Waals surface area contributed by atoms with E-state index in [4.69, 9.17) is 26.6 Å². The van der Waals surface area contributed by atoms with E-state index in [1.54, 1.807) is 32.9 Å². The fourth-order valence-electron chi connectivity index (χ4n) is 2.07. The number of aromatic nitrogens is 4. The minimum Gasteiger partial charge on any atom is -0.458 e. The van der Waals surface area contributed by atoms with Gasteiger partial charge in [-0.25, -0.2) is 9.78 Å². The number of anilines is 1. The standard InChI is InChI=1S/C16H18ClN5O3/c1-5-16(3,4)14(23)25-22-12(9-7-6-8(2)24-9)19-10-11(17)20-15(18)21-13(10)22/h6-7H,5H2,1-4H3,(H2,18,20,21). The van der Waals surface area contributed by atoms with Crippen molar-refractivity contribution >= 4 is 34.7 Å². The molecule has 0 aliphatic rings. The molecular formula is C16H18ClN5O3. The van der Waals surface area contributed by atoms with E-state index in [0.717, 1.165) is 0 Å². The van der Waals surface area contributed by atoms with Crippen LogP contribution in [-0.4, -0.2) is 25.7 Å². The van der Waals surface area contributed by atoms with Crippen molar-refractivity contribution in [1.29, 1.82) is 0 Å². The van der Waals surface area contributed by atoms with Crippen molar-refractivity contribution in [3.63, 3.8) is 0 Å². The number of imidazole rings is 1. The molecule has 0 aliphatic heterocycles. The highest BCUT2D eigenvalue weighted by Gasteiger charge is 2.31. The Bertz CT molecular complexity index is 960. The summed E-state index contributed by atoms with van der Waals surface area (Å²) in [5.41, 5.74) is 5.45. The van der Waals surface area contributed by atoms with Crippen LogP contribution in [0.1, 0.15) is 33.0 Å². The predicted octanol–water partition coefficient (Wildman–Crippen LogP) is 3.02. The van der Waals surface area contributed by atoms with Gasteiger partial charge in [0.15, 0.2) is 10.9 Å². The molecule has 3 aromatic heterocycles. The molecule has 0 unspecified atom stereocenters. The van der Waals surface area contributed by atoms with Crippen LogP contribution >= 0.6 is 11.6 Å². The second-order valence-corrected chi connectivity index (χ2v) is 6.66. The highest BCUT2D eigenvalue weighted by molar-refractivity contribution is 6.33. The number of carbonyl (C=O) groups excluding carboxylic acids is 1. The highest BCUT2D eigenvalue weighted by atomic mass is 35.5. The molecule has 3 rings (SSSR count). The lowest BCUT2D eigenvalue weighted by Gasteiger charge is -2.20. The van der Waals surface area contributed by atoms with E-state index in [9.17, 15) is 4.79 Å². The van der Waals surface area contributed by atoms with E-state index < -0.39 is 11.4 Å². The van der Waals surface area contributed by atoms with Crippen molar-refractivity contribution in [1.82, 2.24) is 19.7 Å². The second kappa shape index (κ2) is 6.03. The Morgan fingerprint density at radius 1 is 1.36 bits per heavy atom. The van der Waals surface area contributed by atoms with Crippen LogP contribution < -0.4 is 10.6 Å².